The SMILES string of the molecule is COC1CCCC(c2nc3nccc(C4CCN(C(=O)c5ccc(S(F)(F)(F)(F)F)cc5)CC4)c3[nH]2)C1. The topological polar surface area (TPSA) is 71.1 Å². The molecular formula is C25H29F5N4O2S. The van der Waals surface area contributed by atoms with Crippen molar-refractivity contribution in [3.05, 3.63) is 53.5 Å². The molecule has 37 heavy (non-hydrogen) atoms. The van der Waals surface area contributed by atoms with Gasteiger partial charge in [0.1, 0.15) is 10.7 Å². The summed E-state index contributed by atoms with van der Waals surface area (Å²) in [5.74, 6) is 0.877. The normalized spacial score (nSPS) is 23.6. The van der Waals surface area contributed by atoms with Gasteiger partial charge in [0.05, 0.1) is 11.6 Å². The number of carbonyl (C=O) groups is 1. The minimum Gasteiger partial charge on any atom is -0.381 e. The van der Waals surface area contributed by atoms with Gasteiger partial charge in [-0.2, -0.15) is 0 Å². The molecule has 2 atom stereocenters. The van der Waals surface area contributed by atoms with Crippen molar-refractivity contribution in [2.45, 2.75) is 61.4 Å². The van der Waals surface area contributed by atoms with Gasteiger partial charge < -0.3 is 14.6 Å². The van der Waals surface area contributed by atoms with Gasteiger partial charge in [-0.25, -0.2) is 9.97 Å². The first kappa shape index (κ1) is 25.9. The van der Waals surface area contributed by atoms with Crippen LogP contribution in [0.5, 0.6) is 0 Å². The second-order valence-electron chi connectivity index (χ2n) is 10.0. The minimum atomic E-state index is -9.77. The third-order valence-electron chi connectivity index (χ3n) is 7.56. The first-order chi connectivity index (χ1) is 17.3. The monoisotopic (exact) mass is 544 g/mol. The lowest BCUT2D eigenvalue weighted by Crippen LogP contribution is -2.38. The molecule has 2 aliphatic rings. The summed E-state index contributed by atoms with van der Waals surface area (Å²) in [5.41, 5.74) is 2.59. The van der Waals surface area contributed by atoms with E-state index >= 15 is 0 Å². The Morgan fingerprint density at radius 1 is 1.00 bits per heavy atom. The molecule has 1 aliphatic carbocycles. The Labute approximate surface area is 211 Å². The number of pyridine rings is 1. The van der Waals surface area contributed by atoms with Gasteiger partial charge in [0.15, 0.2) is 5.65 Å². The number of aromatic nitrogens is 3. The van der Waals surface area contributed by atoms with Gasteiger partial charge in [0.25, 0.3) is 5.91 Å². The predicted molar refractivity (Wildman–Crippen MR) is 132 cm³/mol. The predicted octanol–water partition coefficient (Wildman–Crippen LogP) is 7.31. The second kappa shape index (κ2) is 8.65. The Kier molecular flexibility index (Phi) is 6.06. The van der Waals surface area contributed by atoms with Gasteiger partial charge in [-0.3, -0.25) is 4.79 Å². The van der Waals surface area contributed by atoms with E-state index in [0.29, 0.717) is 31.6 Å². The van der Waals surface area contributed by atoms with Crippen molar-refractivity contribution in [1.82, 2.24) is 19.9 Å². The molecule has 1 aromatic carbocycles. The third-order valence-corrected chi connectivity index (χ3v) is 8.72. The van der Waals surface area contributed by atoms with E-state index in [1.54, 1.807) is 18.2 Å². The molecule has 202 valence electrons. The van der Waals surface area contributed by atoms with E-state index in [1.165, 1.54) is 0 Å². The van der Waals surface area contributed by atoms with Crippen LogP contribution in [0, 0.1) is 0 Å². The lowest BCUT2D eigenvalue weighted by atomic mass is 9.86. The van der Waals surface area contributed by atoms with E-state index < -0.39 is 21.0 Å². The molecule has 0 radical (unpaired) electrons. The number of aromatic amines is 1. The van der Waals surface area contributed by atoms with Crippen LogP contribution in [0.4, 0.5) is 19.4 Å². The number of nitrogens with zero attached hydrogens (tertiary/aromatic N) is 3. The third kappa shape index (κ3) is 5.45. The highest BCUT2D eigenvalue weighted by Gasteiger charge is 2.65. The molecule has 3 heterocycles. The summed E-state index contributed by atoms with van der Waals surface area (Å²) in [7, 11) is -8.04. The van der Waals surface area contributed by atoms with Crippen LogP contribution in [0.2, 0.25) is 0 Å². The largest absolute Gasteiger partial charge is 0.381 e. The molecule has 0 spiro atoms. The molecule has 12 heteroatoms. The highest BCUT2D eigenvalue weighted by molar-refractivity contribution is 8.45. The molecule has 1 saturated heterocycles. The number of carbonyl (C=O) groups excluding carboxylic acids is 1. The van der Waals surface area contributed by atoms with Gasteiger partial charge in [-0.15, -0.1) is 0 Å². The van der Waals surface area contributed by atoms with Crippen molar-refractivity contribution in [3.8, 4) is 0 Å². The first-order valence-corrected chi connectivity index (χ1v) is 14.3. The summed E-state index contributed by atoms with van der Waals surface area (Å²) >= 11 is 0. The van der Waals surface area contributed by atoms with E-state index in [1.807, 2.05) is 6.07 Å². The molecule has 5 rings (SSSR count). The summed E-state index contributed by atoms with van der Waals surface area (Å²) in [5, 5.41) is 0. The number of rotatable bonds is 5. The number of ether oxygens (including phenoxy) is 1. The Morgan fingerprint density at radius 2 is 1.70 bits per heavy atom. The van der Waals surface area contributed by atoms with Crippen LogP contribution in [-0.4, -0.2) is 52.1 Å². The summed E-state index contributed by atoms with van der Waals surface area (Å²) in [6, 6.07) is 4.17. The average Bonchev–Trinajstić information content (AvgIpc) is 3.32. The maximum absolute atomic E-state index is 13.0. The zero-order valence-corrected chi connectivity index (χ0v) is 21.1. The minimum absolute atomic E-state index is 0.0459. The fourth-order valence-electron chi connectivity index (χ4n) is 5.52. The fraction of sp³-hybridized carbons (Fsp3) is 0.480. The highest BCUT2D eigenvalue weighted by Crippen LogP contribution is 3.02. The van der Waals surface area contributed by atoms with Crippen LogP contribution in [0.3, 0.4) is 0 Å². The summed E-state index contributed by atoms with van der Waals surface area (Å²) in [4.78, 5) is 25.1. The molecule has 0 bridgehead atoms. The second-order valence-corrected chi connectivity index (χ2v) is 12.4. The van der Waals surface area contributed by atoms with Crippen molar-refractivity contribution < 1.29 is 29.0 Å². The summed E-state index contributed by atoms with van der Waals surface area (Å²) in [6.45, 7) is 0.797. The van der Waals surface area contributed by atoms with Crippen LogP contribution in [0.15, 0.2) is 41.4 Å². The molecule has 2 unspecified atom stereocenters. The maximum atomic E-state index is 13.0. The number of piperidine rings is 1. The number of likely N-dealkylation sites (tertiary alicyclic amines) is 1. The summed E-state index contributed by atoms with van der Waals surface area (Å²) < 4.78 is 70.4. The van der Waals surface area contributed by atoms with E-state index in [9.17, 15) is 24.2 Å². The summed E-state index contributed by atoms with van der Waals surface area (Å²) in [6.07, 6.45) is 7.34. The van der Waals surface area contributed by atoms with Gasteiger partial charge >= 0.3 is 10.2 Å². The number of nitrogens with one attached hydrogen (secondary N) is 1. The zero-order chi connectivity index (χ0) is 26.5. The van der Waals surface area contributed by atoms with E-state index in [4.69, 9.17) is 9.72 Å². The smallest absolute Gasteiger partial charge is 0.310 e. The van der Waals surface area contributed by atoms with Crippen LogP contribution >= 0.6 is 10.2 Å². The quantitative estimate of drug-likeness (QED) is 0.342. The number of methoxy groups -OCH3 is 1. The van der Waals surface area contributed by atoms with Crippen molar-refractivity contribution in [1.29, 1.82) is 0 Å². The van der Waals surface area contributed by atoms with E-state index in [-0.39, 0.29) is 35.6 Å². The lowest BCUT2D eigenvalue weighted by molar-refractivity contribution is 0.0625. The van der Waals surface area contributed by atoms with E-state index in [2.05, 4.69) is 9.97 Å². The number of H-pyrrole nitrogens is 1. The Balaban J connectivity index is 1.28. The number of fused-ring (bicyclic) bond motifs is 1. The molecule has 2 fully saturated rings. The van der Waals surface area contributed by atoms with Crippen molar-refractivity contribution in [2.75, 3.05) is 20.2 Å². The molecule has 1 amide bonds. The van der Waals surface area contributed by atoms with Crippen LogP contribution < -0.4 is 0 Å². The fourth-order valence-corrected chi connectivity index (χ4v) is 6.17. The maximum Gasteiger partial charge on any atom is 0.310 e. The van der Waals surface area contributed by atoms with E-state index in [0.717, 1.165) is 54.7 Å². The number of imidazole rings is 1. The number of hydrogen-bond acceptors (Lipinski definition) is 4. The number of amides is 1. The number of benzene rings is 1. The van der Waals surface area contributed by atoms with Crippen molar-refractivity contribution in [3.63, 3.8) is 0 Å². The average molecular weight is 545 g/mol. The van der Waals surface area contributed by atoms with Gasteiger partial charge in [0.2, 0.25) is 0 Å². The molecule has 6 nitrogen and oxygen atoms in total. The van der Waals surface area contributed by atoms with Gasteiger partial charge in [0, 0.05) is 37.9 Å². The Morgan fingerprint density at radius 3 is 2.35 bits per heavy atom. The van der Waals surface area contributed by atoms with Crippen molar-refractivity contribution >= 4 is 27.3 Å². The zero-order valence-electron chi connectivity index (χ0n) is 20.3. The highest BCUT2D eigenvalue weighted by atomic mass is 32.5. The molecule has 1 N–H and O–H groups in total. The van der Waals surface area contributed by atoms with Crippen LogP contribution in [0.1, 0.15) is 72.1 Å². The lowest BCUT2D eigenvalue weighted by Gasteiger charge is -2.40. The van der Waals surface area contributed by atoms with Gasteiger partial charge in [-0.05, 0) is 73.9 Å². The number of halogens is 5. The van der Waals surface area contributed by atoms with Crippen LogP contribution in [-0.2, 0) is 4.74 Å². The van der Waals surface area contributed by atoms with Crippen molar-refractivity contribution in [2.24, 2.45) is 0 Å². The first-order valence-electron chi connectivity index (χ1n) is 12.3. The molecule has 1 saturated carbocycles. The Bertz CT molecular complexity index is 1310. The Hall–Kier alpha value is -2.73. The van der Waals surface area contributed by atoms with Gasteiger partial charge in [-0.1, -0.05) is 25.8 Å². The molecular weight excluding hydrogens is 515 g/mol. The molecule has 3 aromatic rings. The molecule has 2 aromatic heterocycles. The molecule has 1 aliphatic heterocycles. The van der Waals surface area contributed by atoms with Crippen LogP contribution in [0.25, 0.3) is 11.2 Å². The standard InChI is InChI=1S/C25H29F5N4O2S/c1-36-19-4-2-3-18(15-19)23-32-22-21(9-12-31-24(22)33-23)16-10-13-34(14-11-16)25(35)17-5-7-20(8-6-17)37(26,27,28,29)30/h5-9,12,16,18-19H,2-4,10-11,13-15H2,1H3,(H,31,32,33). The number of hydrogen-bond donors (Lipinski definition) is 1.